The zero-order valence-corrected chi connectivity index (χ0v) is 13.4. The normalized spacial score (nSPS) is 24.0. The van der Waals surface area contributed by atoms with Crippen molar-refractivity contribution < 1.29 is 28.5 Å². The highest BCUT2D eigenvalue weighted by molar-refractivity contribution is 5.66. The molecule has 1 aromatic rings. The van der Waals surface area contributed by atoms with E-state index in [0.717, 1.165) is 5.56 Å². The third-order valence-corrected chi connectivity index (χ3v) is 3.37. The number of carbonyl (C=O) groups excluding carboxylic acids is 2. The quantitative estimate of drug-likeness (QED) is 0.748. The van der Waals surface area contributed by atoms with E-state index in [1.54, 1.807) is 0 Å². The molecule has 1 unspecified atom stereocenters. The van der Waals surface area contributed by atoms with Gasteiger partial charge in [0.25, 0.3) is 0 Å². The molecule has 1 aromatic carbocycles. The Kier molecular flexibility index (Phi) is 6.55. The summed E-state index contributed by atoms with van der Waals surface area (Å²) >= 11 is 0. The molecular weight excluding hydrogens is 300 g/mol. The van der Waals surface area contributed by atoms with Crippen molar-refractivity contribution in [3.05, 3.63) is 35.9 Å². The number of ether oxygens (including phenoxy) is 4. The van der Waals surface area contributed by atoms with Gasteiger partial charge in [-0.05, 0) is 5.56 Å². The van der Waals surface area contributed by atoms with Gasteiger partial charge in [0.05, 0.1) is 19.3 Å². The van der Waals surface area contributed by atoms with Crippen LogP contribution in [0.1, 0.15) is 32.3 Å². The minimum Gasteiger partial charge on any atom is -0.462 e. The SMILES string of the molecule is CC(=O)OC1C[C@H](OC(C)=O)C[C@H](COCc2ccccc2)O1. The first-order chi connectivity index (χ1) is 11.0. The molecule has 6 heteroatoms. The maximum absolute atomic E-state index is 11.1. The van der Waals surface area contributed by atoms with Crippen molar-refractivity contribution in [2.24, 2.45) is 0 Å². The number of esters is 2. The predicted octanol–water partition coefficient (Wildman–Crippen LogP) is 2.20. The lowest BCUT2D eigenvalue weighted by Gasteiger charge is -2.34. The van der Waals surface area contributed by atoms with Crippen molar-refractivity contribution in [3.8, 4) is 0 Å². The van der Waals surface area contributed by atoms with E-state index in [-0.39, 0.29) is 18.2 Å². The first-order valence-electron chi connectivity index (χ1n) is 7.64. The van der Waals surface area contributed by atoms with Crippen LogP contribution < -0.4 is 0 Å². The minimum atomic E-state index is -0.712. The zero-order chi connectivity index (χ0) is 16.7. The fourth-order valence-electron chi connectivity index (χ4n) is 2.51. The van der Waals surface area contributed by atoms with Crippen molar-refractivity contribution in [1.82, 2.24) is 0 Å². The van der Waals surface area contributed by atoms with Crippen LogP contribution in [0.15, 0.2) is 30.3 Å². The molecule has 1 heterocycles. The summed E-state index contributed by atoms with van der Waals surface area (Å²) in [5.41, 5.74) is 1.07. The number of hydrogen-bond acceptors (Lipinski definition) is 6. The third kappa shape index (κ3) is 6.38. The fourth-order valence-corrected chi connectivity index (χ4v) is 2.51. The summed E-state index contributed by atoms with van der Waals surface area (Å²) in [5, 5.41) is 0. The van der Waals surface area contributed by atoms with E-state index in [2.05, 4.69) is 0 Å². The highest BCUT2D eigenvalue weighted by Crippen LogP contribution is 2.24. The van der Waals surface area contributed by atoms with Crippen molar-refractivity contribution in [3.63, 3.8) is 0 Å². The Morgan fingerprint density at radius 2 is 1.78 bits per heavy atom. The molecule has 126 valence electrons. The Hall–Kier alpha value is -1.92. The second kappa shape index (κ2) is 8.64. The zero-order valence-electron chi connectivity index (χ0n) is 13.4. The summed E-state index contributed by atoms with van der Waals surface area (Å²) in [6, 6.07) is 9.80. The van der Waals surface area contributed by atoms with Crippen molar-refractivity contribution >= 4 is 11.9 Å². The molecule has 2 rings (SSSR count). The van der Waals surface area contributed by atoms with Gasteiger partial charge in [0, 0.05) is 26.7 Å². The lowest BCUT2D eigenvalue weighted by Crippen LogP contribution is -2.41. The molecular formula is C17H22O6. The van der Waals surface area contributed by atoms with Gasteiger partial charge in [-0.2, -0.15) is 0 Å². The average Bonchev–Trinajstić information content (AvgIpc) is 2.46. The van der Waals surface area contributed by atoms with Gasteiger partial charge in [0.2, 0.25) is 6.29 Å². The molecule has 0 radical (unpaired) electrons. The summed E-state index contributed by atoms with van der Waals surface area (Å²) in [5.74, 6) is -0.787. The molecule has 0 aromatic heterocycles. The van der Waals surface area contributed by atoms with Gasteiger partial charge in [-0.1, -0.05) is 30.3 Å². The Bertz CT molecular complexity index is 491. The minimum absolute atomic E-state index is 0.291. The third-order valence-electron chi connectivity index (χ3n) is 3.37. The van der Waals surface area contributed by atoms with Gasteiger partial charge < -0.3 is 18.9 Å². The molecule has 23 heavy (non-hydrogen) atoms. The summed E-state index contributed by atoms with van der Waals surface area (Å²) in [4.78, 5) is 22.2. The van der Waals surface area contributed by atoms with E-state index in [9.17, 15) is 9.59 Å². The lowest BCUT2D eigenvalue weighted by atomic mass is 10.1. The first kappa shape index (κ1) is 17.4. The molecule has 0 spiro atoms. The molecule has 0 bridgehead atoms. The standard InChI is InChI=1S/C17H22O6/c1-12(18)21-15-8-16(23-17(9-15)22-13(2)19)11-20-10-14-6-4-3-5-7-14/h3-7,15-17H,8-11H2,1-2H3/t15-,16-,17?/m1/s1. The van der Waals surface area contributed by atoms with Crippen molar-refractivity contribution in [2.75, 3.05) is 6.61 Å². The van der Waals surface area contributed by atoms with Gasteiger partial charge in [-0.3, -0.25) is 9.59 Å². The van der Waals surface area contributed by atoms with E-state index in [1.165, 1.54) is 13.8 Å². The fraction of sp³-hybridized carbons (Fsp3) is 0.529. The number of carbonyl (C=O) groups is 2. The highest BCUT2D eigenvalue weighted by atomic mass is 16.7. The molecule has 1 aliphatic rings. The van der Waals surface area contributed by atoms with E-state index < -0.39 is 12.3 Å². The van der Waals surface area contributed by atoms with Crippen LogP contribution in [0.25, 0.3) is 0 Å². The maximum Gasteiger partial charge on any atom is 0.304 e. The van der Waals surface area contributed by atoms with Crippen molar-refractivity contribution in [1.29, 1.82) is 0 Å². The van der Waals surface area contributed by atoms with Crippen LogP contribution in [-0.2, 0) is 35.1 Å². The Labute approximate surface area is 135 Å². The van der Waals surface area contributed by atoms with Crippen LogP contribution in [0.3, 0.4) is 0 Å². The second-order valence-electron chi connectivity index (χ2n) is 5.50. The summed E-state index contributed by atoms with van der Waals surface area (Å²) in [6.45, 7) is 3.48. The summed E-state index contributed by atoms with van der Waals surface area (Å²) in [6.07, 6.45) is -0.478. The molecule has 0 N–H and O–H groups in total. The van der Waals surface area contributed by atoms with E-state index in [1.807, 2.05) is 30.3 Å². The van der Waals surface area contributed by atoms with Gasteiger partial charge in [0.15, 0.2) is 0 Å². The van der Waals surface area contributed by atoms with Crippen LogP contribution >= 0.6 is 0 Å². The van der Waals surface area contributed by atoms with E-state index >= 15 is 0 Å². The van der Waals surface area contributed by atoms with Gasteiger partial charge in [0.1, 0.15) is 6.10 Å². The number of hydrogen-bond donors (Lipinski definition) is 0. The topological polar surface area (TPSA) is 71.1 Å². The first-order valence-corrected chi connectivity index (χ1v) is 7.64. The molecule has 6 nitrogen and oxygen atoms in total. The van der Waals surface area contributed by atoms with E-state index in [0.29, 0.717) is 26.1 Å². The van der Waals surface area contributed by atoms with Gasteiger partial charge >= 0.3 is 11.9 Å². The highest BCUT2D eigenvalue weighted by Gasteiger charge is 2.33. The van der Waals surface area contributed by atoms with Crippen molar-refractivity contribution in [2.45, 2.75) is 51.8 Å². The maximum atomic E-state index is 11.1. The molecule has 3 atom stereocenters. The molecule has 0 aliphatic carbocycles. The number of benzene rings is 1. The second-order valence-corrected chi connectivity index (χ2v) is 5.50. The molecule has 1 fully saturated rings. The van der Waals surface area contributed by atoms with Crippen LogP contribution in [-0.4, -0.2) is 37.0 Å². The van der Waals surface area contributed by atoms with Gasteiger partial charge in [-0.15, -0.1) is 0 Å². The van der Waals surface area contributed by atoms with Crippen LogP contribution in [0.4, 0.5) is 0 Å². The van der Waals surface area contributed by atoms with Crippen LogP contribution in [0, 0.1) is 0 Å². The molecule has 1 aliphatic heterocycles. The monoisotopic (exact) mass is 322 g/mol. The lowest BCUT2D eigenvalue weighted by molar-refractivity contribution is -0.226. The molecule has 1 saturated heterocycles. The van der Waals surface area contributed by atoms with Gasteiger partial charge in [-0.25, -0.2) is 0 Å². The van der Waals surface area contributed by atoms with Crippen LogP contribution in [0.2, 0.25) is 0 Å². The predicted molar refractivity (Wildman–Crippen MR) is 81.3 cm³/mol. The largest absolute Gasteiger partial charge is 0.462 e. The Morgan fingerprint density at radius 1 is 1.09 bits per heavy atom. The Morgan fingerprint density at radius 3 is 2.43 bits per heavy atom. The smallest absolute Gasteiger partial charge is 0.304 e. The average molecular weight is 322 g/mol. The Balaban J connectivity index is 1.85. The molecule has 0 saturated carbocycles. The summed E-state index contributed by atoms with van der Waals surface area (Å²) in [7, 11) is 0. The molecule has 0 amide bonds. The summed E-state index contributed by atoms with van der Waals surface area (Å²) < 4.78 is 21.7. The number of rotatable bonds is 6. The van der Waals surface area contributed by atoms with Crippen LogP contribution in [0.5, 0.6) is 0 Å². The van der Waals surface area contributed by atoms with E-state index in [4.69, 9.17) is 18.9 Å².